The first-order chi connectivity index (χ1) is 12.8. The zero-order valence-electron chi connectivity index (χ0n) is 14.7. The molecule has 1 amide bonds. The van der Waals surface area contributed by atoms with E-state index < -0.39 is 41.4 Å². The molecule has 3 aromatic rings. The first kappa shape index (κ1) is 18.5. The number of amides is 1. The summed E-state index contributed by atoms with van der Waals surface area (Å²) in [5.41, 5.74) is 0.0116. The number of aromatic nitrogens is 2. The molecule has 0 radical (unpaired) electrons. The smallest absolute Gasteiger partial charge is 0.329 e. The molecule has 0 saturated carbocycles. The van der Waals surface area contributed by atoms with Crippen molar-refractivity contribution in [2.24, 2.45) is 0 Å². The van der Waals surface area contributed by atoms with Gasteiger partial charge in [-0.1, -0.05) is 17.7 Å². The SMILES string of the molecule is Cc1ccc2[nH]c(=O)n(CC(=O)N[C@@H](C)c3ccc(F)cc3F)c(=O)c2c1. The van der Waals surface area contributed by atoms with Gasteiger partial charge in [-0.2, -0.15) is 0 Å². The fourth-order valence-corrected chi connectivity index (χ4v) is 2.87. The molecule has 0 fully saturated rings. The van der Waals surface area contributed by atoms with Gasteiger partial charge < -0.3 is 10.3 Å². The van der Waals surface area contributed by atoms with Crippen molar-refractivity contribution in [3.8, 4) is 0 Å². The van der Waals surface area contributed by atoms with Crippen LogP contribution in [0.3, 0.4) is 0 Å². The number of benzene rings is 2. The quantitative estimate of drug-likeness (QED) is 0.735. The van der Waals surface area contributed by atoms with Gasteiger partial charge in [-0.15, -0.1) is 0 Å². The summed E-state index contributed by atoms with van der Waals surface area (Å²) in [6, 6.07) is 7.27. The maximum Gasteiger partial charge on any atom is 0.329 e. The van der Waals surface area contributed by atoms with Gasteiger partial charge in [-0.05, 0) is 32.0 Å². The van der Waals surface area contributed by atoms with Crippen LogP contribution in [-0.4, -0.2) is 15.5 Å². The van der Waals surface area contributed by atoms with E-state index in [4.69, 9.17) is 0 Å². The molecule has 1 atom stereocenters. The largest absolute Gasteiger partial charge is 0.348 e. The van der Waals surface area contributed by atoms with Gasteiger partial charge in [-0.25, -0.2) is 13.6 Å². The lowest BCUT2D eigenvalue weighted by atomic mass is 10.1. The Hall–Kier alpha value is -3.29. The number of fused-ring (bicyclic) bond motifs is 1. The van der Waals surface area contributed by atoms with Gasteiger partial charge in [0.05, 0.1) is 16.9 Å². The summed E-state index contributed by atoms with van der Waals surface area (Å²) in [5.74, 6) is -2.16. The Balaban J connectivity index is 1.85. The Labute approximate surface area is 152 Å². The number of nitrogens with one attached hydrogen (secondary N) is 2. The van der Waals surface area contributed by atoms with E-state index >= 15 is 0 Å². The molecule has 2 aromatic carbocycles. The van der Waals surface area contributed by atoms with Gasteiger partial charge in [-0.3, -0.25) is 14.2 Å². The molecule has 0 aliphatic carbocycles. The van der Waals surface area contributed by atoms with E-state index in [1.807, 2.05) is 0 Å². The van der Waals surface area contributed by atoms with Crippen LogP contribution in [0, 0.1) is 18.6 Å². The van der Waals surface area contributed by atoms with Crippen molar-refractivity contribution < 1.29 is 13.6 Å². The first-order valence-corrected chi connectivity index (χ1v) is 8.24. The molecule has 0 bridgehead atoms. The second-order valence-electron chi connectivity index (χ2n) is 6.33. The second kappa shape index (κ2) is 7.14. The third-order valence-corrected chi connectivity index (χ3v) is 4.25. The van der Waals surface area contributed by atoms with Crippen LogP contribution in [0.1, 0.15) is 24.1 Å². The van der Waals surface area contributed by atoms with Gasteiger partial charge in [0.2, 0.25) is 5.91 Å². The summed E-state index contributed by atoms with van der Waals surface area (Å²) in [6.45, 7) is 2.80. The standard InChI is InChI=1S/C19H17F2N3O3/c1-10-3-6-16-14(7-10)18(26)24(19(27)23-16)9-17(25)22-11(2)13-5-4-12(20)8-15(13)21/h3-8,11H,9H2,1-2H3,(H,22,25)(H,23,27)/t11-/m0/s1. The van der Waals surface area contributed by atoms with Crippen molar-refractivity contribution in [3.63, 3.8) is 0 Å². The Morgan fingerprint density at radius 2 is 1.93 bits per heavy atom. The van der Waals surface area contributed by atoms with Crippen LogP contribution in [0.4, 0.5) is 8.78 Å². The Morgan fingerprint density at radius 1 is 1.19 bits per heavy atom. The lowest BCUT2D eigenvalue weighted by molar-refractivity contribution is -0.122. The predicted octanol–water partition coefficient (Wildman–Crippen LogP) is 2.15. The minimum absolute atomic E-state index is 0.0974. The number of carbonyl (C=O) groups is 1. The van der Waals surface area contributed by atoms with E-state index in [0.29, 0.717) is 10.9 Å². The van der Waals surface area contributed by atoms with Gasteiger partial charge in [0.15, 0.2) is 0 Å². The number of hydrogen-bond acceptors (Lipinski definition) is 3. The van der Waals surface area contributed by atoms with E-state index in [0.717, 1.165) is 22.3 Å². The molecule has 0 spiro atoms. The Kier molecular flexibility index (Phi) is 4.89. The van der Waals surface area contributed by atoms with E-state index in [1.54, 1.807) is 25.1 Å². The van der Waals surface area contributed by atoms with E-state index in [1.165, 1.54) is 13.0 Å². The second-order valence-corrected chi connectivity index (χ2v) is 6.33. The van der Waals surface area contributed by atoms with Crippen LogP contribution >= 0.6 is 0 Å². The highest BCUT2D eigenvalue weighted by atomic mass is 19.1. The average molecular weight is 373 g/mol. The van der Waals surface area contributed by atoms with E-state index in [-0.39, 0.29) is 5.56 Å². The number of aromatic amines is 1. The Bertz CT molecular complexity index is 1150. The molecular formula is C19H17F2N3O3. The van der Waals surface area contributed by atoms with Gasteiger partial charge >= 0.3 is 5.69 Å². The molecule has 8 heteroatoms. The Morgan fingerprint density at radius 3 is 2.63 bits per heavy atom. The molecule has 3 rings (SSSR count). The molecule has 140 valence electrons. The third kappa shape index (κ3) is 3.79. The number of H-pyrrole nitrogens is 1. The van der Waals surface area contributed by atoms with E-state index in [2.05, 4.69) is 10.3 Å². The molecule has 2 N–H and O–H groups in total. The molecular weight excluding hydrogens is 356 g/mol. The monoisotopic (exact) mass is 373 g/mol. The first-order valence-electron chi connectivity index (χ1n) is 8.24. The van der Waals surface area contributed by atoms with Crippen molar-refractivity contribution >= 4 is 16.8 Å². The summed E-state index contributed by atoms with van der Waals surface area (Å²) >= 11 is 0. The van der Waals surface area contributed by atoms with Crippen molar-refractivity contribution in [2.45, 2.75) is 26.4 Å². The predicted molar refractivity (Wildman–Crippen MR) is 96.5 cm³/mol. The lowest BCUT2D eigenvalue weighted by Gasteiger charge is -2.15. The third-order valence-electron chi connectivity index (χ3n) is 4.25. The molecule has 0 saturated heterocycles. The zero-order chi connectivity index (χ0) is 19.7. The van der Waals surface area contributed by atoms with Crippen LogP contribution in [0.25, 0.3) is 10.9 Å². The molecule has 1 heterocycles. The highest BCUT2D eigenvalue weighted by Gasteiger charge is 2.16. The summed E-state index contributed by atoms with van der Waals surface area (Å²) in [4.78, 5) is 39.5. The number of halogens is 2. The van der Waals surface area contributed by atoms with E-state index in [9.17, 15) is 23.2 Å². The normalized spacial score (nSPS) is 12.1. The molecule has 6 nitrogen and oxygen atoms in total. The maximum absolute atomic E-state index is 13.8. The minimum Gasteiger partial charge on any atom is -0.348 e. The van der Waals surface area contributed by atoms with Crippen LogP contribution in [-0.2, 0) is 11.3 Å². The van der Waals surface area contributed by atoms with Crippen LogP contribution in [0.5, 0.6) is 0 Å². The maximum atomic E-state index is 13.8. The number of nitrogens with zero attached hydrogens (tertiary/aromatic N) is 1. The van der Waals surface area contributed by atoms with Crippen molar-refractivity contribution in [2.75, 3.05) is 0 Å². The number of aryl methyl sites for hydroxylation is 1. The molecule has 0 unspecified atom stereocenters. The number of rotatable bonds is 4. The highest BCUT2D eigenvalue weighted by molar-refractivity contribution is 5.79. The number of hydrogen-bond donors (Lipinski definition) is 2. The molecule has 27 heavy (non-hydrogen) atoms. The number of carbonyl (C=O) groups excluding carboxylic acids is 1. The molecule has 0 aliphatic heterocycles. The minimum atomic E-state index is -0.793. The van der Waals surface area contributed by atoms with Crippen molar-refractivity contribution in [1.29, 1.82) is 0 Å². The van der Waals surface area contributed by atoms with Crippen molar-refractivity contribution in [1.82, 2.24) is 14.9 Å². The summed E-state index contributed by atoms with van der Waals surface area (Å²) in [7, 11) is 0. The highest BCUT2D eigenvalue weighted by Crippen LogP contribution is 2.17. The fourth-order valence-electron chi connectivity index (χ4n) is 2.87. The van der Waals surface area contributed by atoms with Crippen LogP contribution in [0.2, 0.25) is 0 Å². The molecule has 0 aliphatic rings. The van der Waals surface area contributed by atoms with Gasteiger partial charge in [0, 0.05) is 11.6 Å². The fraction of sp³-hybridized carbons (Fsp3) is 0.211. The van der Waals surface area contributed by atoms with Crippen LogP contribution in [0.15, 0.2) is 46.0 Å². The summed E-state index contributed by atoms with van der Waals surface area (Å²) in [6.07, 6.45) is 0. The molecule has 1 aromatic heterocycles. The average Bonchev–Trinajstić information content (AvgIpc) is 2.59. The summed E-state index contributed by atoms with van der Waals surface area (Å²) in [5, 5.41) is 2.80. The van der Waals surface area contributed by atoms with Gasteiger partial charge in [0.25, 0.3) is 5.56 Å². The topological polar surface area (TPSA) is 84.0 Å². The van der Waals surface area contributed by atoms with Gasteiger partial charge in [0.1, 0.15) is 18.2 Å². The lowest BCUT2D eigenvalue weighted by Crippen LogP contribution is -2.41. The summed E-state index contributed by atoms with van der Waals surface area (Å²) < 4.78 is 27.6. The van der Waals surface area contributed by atoms with Crippen molar-refractivity contribution in [3.05, 3.63) is 80.0 Å². The van der Waals surface area contributed by atoms with Crippen LogP contribution < -0.4 is 16.6 Å². The zero-order valence-corrected chi connectivity index (χ0v) is 14.7.